The molecular weight excluding hydrogens is 317 g/mol. The van der Waals surface area contributed by atoms with Crippen LogP contribution in [-0.4, -0.2) is 22.6 Å². The van der Waals surface area contributed by atoms with Gasteiger partial charge in [0.25, 0.3) is 0 Å². The van der Waals surface area contributed by atoms with E-state index in [1.807, 2.05) is 36.5 Å². The van der Waals surface area contributed by atoms with Gasteiger partial charge >= 0.3 is 0 Å². The van der Waals surface area contributed by atoms with Crippen LogP contribution in [0.2, 0.25) is 0 Å². The molecule has 1 aliphatic rings. The van der Waals surface area contributed by atoms with E-state index in [0.29, 0.717) is 18.5 Å². The number of rotatable bonds is 4. The number of nitrogens with one attached hydrogen (secondary N) is 1. The fourth-order valence-electron chi connectivity index (χ4n) is 3.36. The summed E-state index contributed by atoms with van der Waals surface area (Å²) >= 11 is 0. The molecule has 0 radical (unpaired) electrons. The number of amides is 1. The Morgan fingerprint density at radius 2 is 1.92 bits per heavy atom. The van der Waals surface area contributed by atoms with Crippen molar-refractivity contribution in [1.82, 2.24) is 10.2 Å². The number of nitrogens with zero attached hydrogens (tertiary/aromatic N) is 2. The number of aromatic nitrogens is 2. The van der Waals surface area contributed by atoms with Crippen molar-refractivity contribution >= 4 is 11.6 Å². The van der Waals surface area contributed by atoms with Gasteiger partial charge in [0, 0.05) is 29.9 Å². The zero-order valence-electron chi connectivity index (χ0n) is 13.7. The molecule has 4 rings (SSSR count). The van der Waals surface area contributed by atoms with Gasteiger partial charge in [-0.3, -0.25) is 9.89 Å². The summed E-state index contributed by atoms with van der Waals surface area (Å²) in [6.07, 6.45) is 4.80. The standard InChI is InChI=1S/C20H18FN3O/c21-19-4-2-1-3-15(19)11-16-9-10-24(20(16)25)18-7-5-14(6-8-18)17-12-22-23-13-17/h1-8,12-13,16H,9-11H2,(H,22,23). The third kappa shape index (κ3) is 3.05. The highest BCUT2D eigenvalue weighted by Crippen LogP contribution is 2.29. The number of benzene rings is 2. The fourth-order valence-corrected chi connectivity index (χ4v) is 3.36. The van der Waals surface area contributed by atoms with Gasteiger partial charge in [0.2, 0.25) is 5.91 Å². The van der Waals surface area contributed by atoms with Crippen molar-refractivity contribution in [3.63, 3.8) is 0 Å². The Hall–Kier alpha value is -2.95. The highest BCUT2D eigenvalue weighted by molar-refractivity contribution is 5.97. The monoisotopic (exact) mass is 335 g/mol. The van der Waals surface area contributed by atoms with Crippen LogP contribution < -0.4 is 4.90 Å². The van der Waals surface area contributed by atoms with Crippen LogP contribution in [0.15, 0.2) is 60.9 Å². The molecule has 1 aromatic heterocycles. The molecule has 1 saturated heterocycles. The average molecular weight is 335 g/mol. The van der Waals surface area contributed by atoms with Crippen LogP contribution in [0.5, 0.6) is 0 Å². The molecule has 1 unspecified atom stereocenters. The Bertz CT molecular complexity index is 874. The zero-order valence-corrected chi connectivity index (χ0v) is 13.7. The van der Waals surface area contributed by atoms with E-state index in [2.05, 4.69) is 10.2 Å². The Balaban J connectivity index is 1.49. The van der Waals surface area contributed by atoms with Crippen molar-refractivity contribution in [3.05, 3.63) is 72.3 Å². The van der Waals surface area contributed by atoms with Gasteiger partial charge in [0.05, 0.1) is 6.20 Å². The Morgan fingerprint density at radius 1 is 1.12 bits per heavy atom. The molecule has 0 saturated carbocycles. The highest BCUT2D eigenvalue weighted by atomic mass is 19.1. The Labute approximate surface area is 145 Å². The van der Waals surface area contributed by atoms with Crippen molar-refractivity contribution < 1.29 is 9.18 Å². The first-order valence-electron chi connectivity index (χ1n) is 8.36. The number of carbonyl (C=O) groups excluding carboxylic acids is 1. The van der Waals surface area contributed by atoms with Gasteiger partial charge in [0.15, 0.2) is 0 Å². The number of carbonyl (C=O) groups is 1. The summed E-state index contributed by atoms with van der Waals surface area (Å²) < 4.78 is 13.8. The van der Waals surface area contributed by atoms with Gasteiger partial charge in [-0.05, 0) is 42.2 Å². The van der Waals surface area contributed by atoms with Crippen LogP contribution in [0.4, 0.5) is 10.1 Å². The first-order valence-corrected chi connectivity index (χ1v) is 8.36. The van der Waals surface area contributed by atoms with Crippen molar-refractivity contribution in [1.29, 1.82) is 0 Å². The second kappa shape index (κ2) is 6.51. The third-order valence-corrected chi connectivity index (χ3v) is 4.75. The molecule has 126 valence electrons. The number of hydrogen-bond donors (Lipinski definition) is 1. The third-order valence-electron chi connectivity index (χ3n) is 4.75. The van der Waals surface area contributed by atoms with E-state index in [1.165, 1.54) is 6.07 Å². The zero-order chi connectivity index (χ0) is 17.2. The number of hydrogen-bond acceptors (Lipinski definition) is 2. The first kappa shape index (κ1) is 15.6. The van der Waals surface area contributed by atoms with Crippen LogP contribution in [0.1, 0.15) is 12.0 Å². The Morgan fingerprint density at radius 3 is 2.64 bits per heavy atom. The lowest BCUT2D eigenvalue weighted by molar-refractivity contribution is -0.120. The largest absolute Gasteiger partial charge is 0.312 e. The second-order valence-electron chi connectivity index (χ2n) is 6.30. The summed E-state index contributed by atoms with van der Waals surface area (Å²) in [7, 11) is 0. The minimum Gasteiger partial charge on any atom is -0.312 e. The quantitative estimate of drug-likeness (QED) is 0.788. The molecule has 0 spiro atoms. The smallest absolute Gasteiger partial charge is 0.230 e. The van der Waals surface area contributed by atoms with Crippen molar-refractivity contribution in [2.24, 2.45) is 5.92 Å². The SMILES string of the molecule is O=C1C(Cc2ccccc2F)CCN1c1ccc(-c2cn[nH]c2)cc1. The first-order chi connectivity index (χ1) is 12.2. The summed E-state index contributed by atoms with van der Waals surface area (Å²) in [5, 5.41) is 6.74. The molecule has 2 heterocycles. The normalized spacial score (nSPS) is 17.2. The maximum absolute atomic E-state index is 13.8. The summed E-state index contributed by atoms with van der Waals surface area (Å²) in [6.45, 7) is 0.670. The minimum atomic E-state index is -0.238. The molecule has 1 amide bonds. The van der Waals surface area contributed by atoms with Crippen molar-refractivity contribution in [2.75, 3.05) is 11.4 Å². The van der Waals surface area contributed by atoms with Crippen LogP contribution in [0.25, 0.3) is 11.1 Å². The summed E-state index contributed by atoms with van der Waals surface area (Å²) in [5.74, 6) is -0.331. The Kier molecular flexibility index (Phi) is 4.06. The highest BCUT2D eigenvalue weighted by Gasteiger charge is 2.32. The van der Waals surface area contributed by atoms with Gasteiger partial charge in [-0.1, -0.05) is 30.3 Å². The molecule has 1 fully saturated rings. The summed E-state index contributed by atoms with van der Waals surface area (Å²) in [6, 6.07) is 14.5. The van der Waals surface area contributed by atoms with E-state index in [9.17, 15) is 9.18 Å². The van der Waals surface area contributed by atoms with Crippen molar-refractivity contribution in [2.45, 2.75) is 12.8 Å². The lowest BCUT2D eigenvalue weighted by Gasteiger charge is -2.17. The van der Waals surface area contributed by atoms with E-state index in [0.717, 1.165) is 23.2 Å². The van der Waals surface area contributed by atoms with Gasteiger partial charge in [-0.15, -0.1) is 0 Å². The van der Waals surface area contributed by atoms with E-state index in [-0.39, 0.29) is 17.6 Å². The predicted octanol–water partition coefficient (Wildman–Crippen LogP) is 3.81. The molecule has 1 aliphatic heterocycles. The van der Waals surface area contributed by atoms with Crippen molar-refractivity contribution in [3.8, 4) is 11.1 Å². The number of halogens is 1. The molecule has 1 atom stereocenters. The van der Waals surface area contributed by atoms with E-state index < -0.39 is 0 Å². The molecule has 25 heavy (non-hydrogen) atoms. The maximum atomic E-state index is 13.8. The molecular formula is C20H18FN3O. The minimum absolute atomic E-state index is 0.0688. The topological polar surface area (TPSA) is 49.0 Å². The van der Waals surface area contributed by atoms with Gasteiger partial charge < -0.3 is 4.90 Å². The molecule has 1 N–H and O–H groups in total. The number of H-pyrrole nitrogens is 1. The molecule has 0 bridgehead atoms. The van der Waals surface area contributed by atoms with Crippen LogP contribution in [0.3, 0.4) is 0 Å². The number of anilines is 1. The molecule has 5 heteroatoms. The maximum Gasteiger partial charge on any atom is 0.230 e. The summed E-state index contributed by atoms with van der Waals surface area (Å²) in [4.78, 5) is 14.5. The van der Waals surface area contributed by atoms with Gasteiger partial charge in [-0.2, -0.15) is 5.10 Å². The molecule has 4 nitrogen and oxygen atoms in total. The summed E-state index contributed by atoms with van der Waals surface area (Å²) in [5.41, 5.74) is 3.55. The van der Waals surface area contributed by atoms with Gasteiger partial charge in [0.1, 0.15) is 5.82 Å². The van der Waals surface area contributed by atoms with Crippen LogP contribution in [-0.2, 0) is 11.2 Å². The lowest BCUT2D eigenvalue weighted by Crippen LogP contribution is -2.27. The second-order valence-corrected chi connectivity index (χ2v) is 6.30. The average Bonchev–Trinajstić information content (AvgIpc) is 3.28. The van der Waals surface area contributed by atoms with E-state index in [4.69, 9.17) is 0 Å². The lowest BCUT2D eigenvalue weighted by atomic mass is 9.98. The van der Waals surface area contributed by atoms with E-state index in [1.54, 1.807) is 23.2 Å². The molecule has 3 aromatic rings. The fraction of sp³-hybridized carbons (Fsp3) is 0.200. The van der Waals surface area contributed by atoms with Gasteiger partial charge in [-0.25, -0.2) is 4.39 Å². The van der Waals surface area contributed by atoms with Crippen LogP contribution in [0, 0.1) is 11.7 Å². The molecule has 2 aromatic carbocycles. The number of aromatic amines is 1. The van der Waals surface area contributed by atoms with E-state index >= 15 is 0 Å². The van der Waals surface area contributed by atoms with Crippen LogP contribution >= 0.6 is 0 Å². The molecule has 0 aliphatic carbocycles. The predicted molar refractivity (Wildman–Crippen MR) is 94.6 cm³/mol.